The van der Waals surface area contributed by atoms with E-state index in [1.807, 2.05) is 0 Å². The molecular weight excluding hydrogens is 231 g/mol. The molecule has 2 rings (SSSR count). The fraction of sp³-hybridized carbons (Fsp3) is 0.333. The van der Waals surface area contributed by atoms with Crippen molar-refractivity contribution in [3.8, 4) is 0 Å². The van der Waals surface area contributed by atoms with Gasteiger partial charge in [0.1, 0.15) is 0 Å². The lowest BCUT2D eigenvalue weighted by molar-refractivity contribution is 0.253. The van der Waals surface area contributed by atoms with Gasteiger partial charge in [-0.25, -0.2) is 22.0 Å². The van der Waals surface area contributed by atoms with Crippen LogP contribution in [-0.4, -0.2) is 13.1 Å². The van der Waals surface area contributed by atoms with Gasteiger partial charge in [-0.1, -0.05) is 0 Å². The normalized spacial score (nSPS) is 18.4. The first-order valence-electron chi connectivity index (χ1n) is 4.40. The summed E-state index contributed by atoms with van der Waals surface area (Å²) in [6.45, 7) is -0.0727. The minimum atomic E-state index is -2.17. The van der Waals surface area contributed by atoms with Crippen LogP contribution in [0.5, 0.6) is 0 Å². The standard InChI is InChI=1S/C9H7F5N2/c10-4-3(9(15)1-16-2-9)5(11)7(13)8(14)6(4)12/h16H,1-2,15H2. The van der Waals surface area contributed by atoms with Crippen molar-refractivity contribution in [3.63, 3.8) is 0 Å². The molecule has 0 unspecified atom stereocenters. The van der Waals surface area contributed by atoms with Crippen LogP contribution in [0.4, 0.5) is 22.0 Å². The lowest BCUT2D eigenvalue weighted by Gasteiger charge is -2.39. The Hall–Kier alpha value is -1.21. The maximum absolute atomic E-state index is 13.3. The van der Waals surface area contributed by atoms with E-state index in [-0.39, 0.29) is 13.1 Å². The van der Waals surface area contributed by atoms with Crippen LogP contribution in [0, 0.1) is 29.1 Å². The molecule has 0 bridgehead atoms. The highest BCUT2D eigenvalue weighted by Crippen LogP contribution is 2.32. The molecule has 88 valence electrons. The lowest BCUT2D eigenvalue weighted by Crippen LogP contribution is -2.63. The largest absolute Gasteiger partial charge is 0.319 e. The molecule has 7 heteroatoms. The zero-order valence-electron chi connectivity index (χ0n) is 7.88. The Balaban J connectivity index is 2.70. The Kier molecular flexibility index (Phi) is 2.39. The number of rotatable bonds is 1. The Labute approximate surface area is 87.2 Å². The van der Waals surface area contributed by atoms with E-state index in [9.17, 15) is 22.0 Å². The molecule has 0 amide bonds. The Morgan fingerprint density at radius 2 is 1.19 bits per heavy atom. The third-order valence-corrected chi connectivity index (χ3v) is 2.59. The predicted octanol–water partition coefficient (Wildman–Crippen LogP) is 1.14. The maximum Gasteiger partial charge on any atom is 0.200 e. The van der Waals surface area contributed by atoms with E-state index in [1.165, 1.54) is 0 Å². The SMILES string of the molecule is NC1(c2c(F)c(F)c(F)c(F)c2F)CNC1. The van der Waals surface area contributed by atoms with Gasteiger partial charge in [0.25, 0.3) is 0 Å². The van der Waals surface area contributed by atoms with E-state index in [2.05, 4.69) is 5.32 Å². The second kappa shape index (κ2) is 3.39. The third kappa shape index (κ3) is 1.31. The number of nitrogens with one attached hydrogen (secondary N) is 1. The van der Waals surface area contributed by atoms with Crippen molar-refractivity contribution >= 4 is 0 Å². The molecule has 1 heterocycles. The molecule has 1 aliphatic rings. The van der Waals surface area contributed by atoms with Gasteiger partial charge in [0, 0.05) is 13.1 Å². The van der Waals surface area contributed by atoms with Crippen LogP contribution < -0.4 is 11.1 Å². The van der Waals surface area contributed by atoms with E-state index >= 15 is 0 Å². The molecule has 3 N–H and O–H groups in total. The predicted molar refractivity (Wildman–Crippen MR) is 45.0 cm³/mol. The molecule has 2 nitrogen and oxygen atoms in total. The van der Waals surface area contributed by atoms with Crippen LogP contribution in [0.15, 0.2) is 0 Å². The highest BCUT2D eigenvalue weighted by atomic mass is 19.2. The summed E-state index contributed by atoms with van der Waals surface area (Å²) in [6, 6.07) is 0. The molecule has 16 heavy (non-hydrogen) atoms. The van der Waals surface area contributed by atoms with Gasteiger partial charge in [0.15, 0.2) is 23.3 Å². The summed E-state index contributed by atoms with van der Waals surface area (Å²) < 4.78 is 65.0. The molecular formula is C9H7F5N2. The van der Waals surface area contributed by atoms with Gasteiger partial charge in [0.05, 0.1) is 11.1 Å². The first-order valence-corrected chi connectivity index (χ1v) is 4.40. The molecule has 0 saturated carbocycles. The highest BCUT2D eigenvalue weighted by Gasteiger charge is 2.42. The maximum atomic E-state index is 13.3. The topological polar surface area (TPSA) is 38.0 Å². The molecule has 1 aromatic rings. The van der Waals surface area contributed by atoms with Gasteiger partial charge in [-0.2, -0.15) is 0 Å². The third-order valence-electron chi connectivity index (χ3n) is 2.59. The summed E-state index contributed by atoms with van der Waals surface area (Å²) in [7, 11) is 0. The molecule has 1 fully saturated rings. The van der Waals surface area contributed by atoms with Crippen molar-refractivity contribution < 1.29 is 22.0 Å². The fourth-order valence-electron chi connectivity index (χ4n) is 1.61. The first-order chi connectivity index (χ1) is 7.38. The molecule has 1 aromatic carbocycles. The second-order valence-corrected chi connectivity index (χ2v) is 3.70. The summed E-state index contributed by atoms with van der Waals surface area (Å²) in [5, 5.41) is 2.61. The van der Waals surface area contributed by atoms with E-state index in [0.717, 1.165) is 0 Å². The quantitative estimate of drug-likeness (QED) is 0.437. The molecule has 1 aliphatic heterocycles. The van der Waals surface area contributed by atoms with Gasteiger partial charge in [0.2, 0.25) is 5.82 Å². The van der Waals surface area contributed by atoms with Crippen LogP contribution in [0.2, 0.25) is 0 Å². The molecule has 1 saturated heterocycles. The minimum absolute atomic E-state index is 0.0364. The zero-order valence-corrected chi connectivity index (χ0v) is 7.88. The van der Waals surface area contributed by atoms with Crippen molar-refractivity contribution in [2.45, 2.75) is 5.54 Å². The number of hydrogen-bond donors (Lipinski definition) is 2. The van der Waals surface area contributed by atoms with Crippen LogP contribution in [0.3, 0.4) is 0 Å². The number of halogens is 5. The van der Waals surface area contributed by atoms with Crippen molar-refractivity contribution in [3.05, 3.63) is 34.6 Å². The van der Waals surface area contributed by atoms with Crippen LogP contribution in [0.1, 0.15) is 5.56 Å². The van der Waals surface area contributed by atoms with Crippen molar-refractivity contribution in [1.82, 2.24) is 5.32 Å². The summed E-state index contributed by atoms with van der Waals surface area (Å²) in [5.41, 5.74) is 3.02. The number of nitrogens with two attached hydrogens (primary N) is 1. The zero-order chi connectivity index (χ0) is 12.1. The molecule has 0 radical (unpaired) electrons. The van der Waals surface area contributed by atoms with Gasteiger partial charge in [-0.15, -0.1) is 0 Å². The summed E-state index contributed by atoms with van der Waals surface area (Å²) in [4.78, 5) is 0. The van der Waals surface area contributed by atoms with Gasteiger partial charge in [-0.3, -0.25) is 0 Å². The lowest BCUT2D eigenvalue weighted by atomic mass is 9.84. The summed E-state index contributed by atoms with van der Waals surface area (Å²) in [6.07, 6.45) is 0. The fourth-order valence-corrected chi connectivity index (χ4v) is 1.61. The smallest absolute Gasteiger partial charge is 0.200 e. The second-order valence-electron chi connectivity index (χ2n) is 3.70. The van der Waals surface area contributed by atoms with Crippen molar-refractivity contribution in [2.24, 2.45) is 5.73 Å². The molecule has 0 aromatic heterocycles. The first kappa shape index (κ1) is 11.3. The highest BCUT2D eigenvalue weighted by molar-refractivity contribution is 5.33. The summed E-state index contributed by atoms with van der Waals surface area (Å²) in [5.74, 6) is -9.83. The van der Waals surface area contributed by atoms with Crippen LogP contribution >= 0.6 is 0 Å². The molecule has 0 spiro atoms. The summed E-state index contributed by atoms with van der Waals surface area (Å²) >= 11 is 0. The molecule has 0 aliphatic carbocycles. The van der Waals surface area contributed by atoms with Gasteiger partial charge >= 0.3 is 0 Å². The average molecular weight is 238 g/mol. The van der Waals surface area contributed by atoms with Crippen LogP contribution in [-0.2, 0) is 5.54 Å². The Morgan fingerprint density at radius 1 is 0.812 bits per heavy atom. The molecule has 0 atom stereocenters. The van der Waals surface area contributed by atoms with Gasteiger partial charge in [-0.05, 0) is 0 Å². The van der Waals surface area contributed by atoms with Crippen LogP contribution in [0.25, 0.3) is 0 Å². The van der Waals surface area contributed by atoms with E-state index in [0.29, 0.717) is 0 Å². The average Bonchev–Trinajstić information content (AvgIpc) is 2.21. The monoisotopic (exact) mass is 238 g/mol. The van der Waals surface area contributed by atoms with Crippen molar-refractivity contribution in [2.75, 3.05) is 13.1 Å². The van der Waals surface area contributed by atoms with Crippen molar-refractivity contribution in [1.29, 1.82) is 0 Å². The number of hydrogen-bond acceptors (Lipinski definition) is 2. The van der Waals surface area contributed by atoms with E-state index in [4.69, 9.17) is 5.73 Å². The number of benzene rings is 1. The van der Waals surface area contributed by atoms with Gasteiger partial charge < -0.3 is 11.1 Å². The Morgan fingerprint density at radius 3 is 1.50 bits per heavy atom. The Bertz CT molecular complexity index is 427. The minimum Gasteiger partial charge on any atom is -0.319 e. The van der Waals surface area contributed by atoms with E-state index in [1.54, 1.807) is 0 Å². The van der Waals surface area contributed by atoms with E-state index < -0.39 is 40.2 Å².